The van der Waals surface area contributed by atoms with Gasteiger partial charge in [-0.2, -0.15) is 11.8 Å². The standard InChI is InChI=1S/C20H30N2O2S/c23-20(21-10-15-25-16-17-4-2-1-3-5-17)18-6-11-22(12-7-18)19-8-13-24-14-9-19/h1-5,18-19H,6-16H2,(H,21,23). The first kappa shape index (κ1) is 18.7. The molecule has 2 fully saturated rings. The Balaban J connectivity index is 1.27. The molecule has 0 aliphatic carbocycles. The average molecular weight is 363 g/mol. The van der Waals surface area contributed by atoms with Gasteiger partial charge in [0.05, 0.1) is 0 Å². The van der Waals surface area contributed by atoms with E-state index in [1.54, 1.807) is 0 Å². The van der Waals surface area contributed by atoms with Crippen LogP contribution in [0.4, 0.5) is 0 Å². The van der Waals surface area contributed by atoms with Gasteiger partial charge in [-0.1, -0.05) is 30.3 Å². The molecule has 25 heavy (non-hydrogen) atoms. The third kappa shape index (κ3) is 6.01. The third-order valence-electron chi connectivity index (χ3n) is 5.26. The van der Waals surface area contributed by atoms with Gasteiger partial charge in [-0.15, -0.1) is 0 Å². The van der Waals surface area contributed by atoms with E-state index < -0.39 is 0 Å². The average Bonchev–Trinajstić information content (AvgIpc) is 2.69. The molecule has 0 saturated carbocycles. The van der Waals surface area contributed by atoms with E-state index in [0.717, 1.165) is 70.0 Å². The van der Waals surface area contributed by atoms with E-state index in [4.69, 9.17) is 4.74 Å². The van der Waals surface area contributed by atoms with E-state index in [1.807, 2.05) is 17.8 Å². The van der Waals surface area contributed by atoms with Crippen LogP contribution < -0.4 is 5.32 Å². The van der Waals surface area contributed by atoms with Crippen molar-refractivity contribution in [3.05, 3.63) is 35.9 Å². The van der Waals surface area contributed by atoms with Crippen LogP contribution in [-0.4, -0.2) is 55.4 Å². The zero-order valence-electron chi connectivity index (χ0n) is 15.0. The lowest BCUT2D eigenvalue weighted by Crippen LogP contribution is -2.46. The number of nitrogens with one attached hydrogen (secondary N) is 1. The first-order chi connectivity index (χ1) is 12.3. The molecular weight excluding hydrogens is 332 g/mol. The maximum Gasteiger partial charge on any atom is 0.223 e. The lowest BCUT2D eigenvalue weighted by molar-refractivity contribution is -0.126. The molecule has 3 rings (SSSR count). The number of likely N-dealkylation sites (tertiary alicyclic amines) is 1. The minimum Gasteiger partial charge on any atom is -0.381 e. The highest BCUT2D eigenvalue weighted by molar-refractivity contribution is 7.98. The van der Waals surface area contributed by atoms with Crippen LogP contribution in [0.25, 0.3) is 0 Å². The van der Waals surface area contributed by atoms with Gasteiger partial charge in [0.1, 0.15) is 0 Å². The Labute approximate surface area is 155 Å². The van der Waals surface area contributed by atoms with Crippen molar-refractivity contribution in [3.63, 3.8) is 0 Å². The monoisotopic (exact) mass is 362 g/mol. The van der Waals surface area contributed by atoms with E-state index in [-0.39, 0.29) is 11.8 Å². The highest BCUT2D eigenvalue weighted by Gasteiger charge is 2.29. The Kier molecular flexibility index (Phi) is 7.64. The molecule has 0 aromatic heterocycles. The molecule has 0 radical (unpaired) electrons. The zero-order valence-corrected chi connectivity index (χ0v) is 15.8. The van der Waals surface area contributed by atoms with Crippen LogP contribution >= 0.6 is 11.8 Å². The van der Waals surface area contributed by atoms with Crippen molar-refractivity contribution in [2.24, 2.45) is 5.92 Å². The lowest BCUT2D eigenvalue weighted by Gasteiger charge is -2.38. The van der Waals surface area contributed by atoms with Crippen molar-refractivity contribution in [2.75, 3.05) is 38.6 Å². The van der Waals surface area contributed by atoms with Crippen molar-refractivity contribution in [1.29, 1.82) is 0 Å². The molecule has 1 N–H and O–H groups in total. The van der Waals surface area contributed by atoms with Gasteiger partial charge >= 0.3 is 0 Å². The summed E-state index contributed by atoms with van der Waals surface area (Å²) in [6.07, 6.45) is 4.30. The van der Waals surface area contributed by atoms with Crippen LogP contribution in [0, 0.1) is 5.92 Å². The van der Waals surface area contributed by atoms with Crippen molar-refractivity contribution >= 4 is 17.7 Å². The molecule has 2 heterocycles. The highest BCUT2D eigenvalue weighted by Crippen LogP contribution is 2.23. The number of nitrogens with zero attached hydrogens (tertiary/aromatic N) is 1. The second-order valence-electron chi connectivity index (χ2n) is 6.98. The van der Waals surface area contributed by atoms with E-state index in [1.165, 1.54) is 5.56 Å². The highest BCUT2D eigenvalue weighted by atomic mass is 32.2. The normalized spacial score (nSPS) is 20.5. The van der Waals surface area contributed by atoms with Crippen molar-refractivity contribution in [3.8, 4) is 0 Å². The third-order valence-corrected chi connectivity index (χ3v) is 6.30. The predicted molar refractivity (Wildman–Crippen MR) is 104 cm³/mol. The minimum atomic E-state index is 0.204. The molecule has 0 atom stereocenters. The number of carbonyl (C=O) groups is 1. The van der Waals surface area contributed by atoms with Crippen molar-refractivity contribution < 1.29 is 9.53 Å². The molecule has 0 spiro atoms. The Morgan fingerprint density at radius 3 is 2.56 bits per heavy atom. The van der Waals surface area contributed by atoms with Crippen molar-refractivity contribution in [2.45, 2.75) is 37.5 Å². The summed E-state index contributed by atoms with van der Waals surface area (Å²) in [4.78, 5) is 14.9. The molecule has 4 nitrogen and oxygen atoms in total. The quantitative estimate of drug-likeness (QED) is 0.757. The maximum absolute atomic E-state index is 12.4. The molecule has 0 unspecified atom stereocenters. The number of hydrogen-bond acceptors (Lipinski definition) is 4. The summed E-state index contributed by atoms with van der Waals surface area (Å²) >= 11 is 1.88. The predicted octanol–water partition coefficient (Wildman–Crippen LogP) is 2.93. The Hall–Kier alpha value is -1.04. The Morgan fingerprint density at radius 2 is 1.84 bits per heavy atom. The molecule has 5 heteroatoms. The molecule has 2 saturated heterocycles. The molecule has 2 aliphatic heterocycles. The van der Waals surface area contributed by atoms with Gasteiger partial charge in [0.2, 0.25) is 5.91 Å². The van der Waals surface area contributed by atoms with Crippen molar-refractivity contribution in [1.82, 2.24) is 10.2 Å². The molecule has 1 aromatic rings. The molecule has 0 bridgehead atoms. The summed E-state index contributed by atoms with van der Waals surface area (Å²) in [6.45, 7) is 4.69. The number of rotatable bonds is 7. The second kappa shape index (κ2) is 10.2. The van der Waals surface area contributed by atoms with Crippen LogP contribution in [0.1, 0.15) is 31.2 Å². The van der Waals surface area contributed by atoms with E-state index in [2.05, 4.69) is 34.5 Å². The van der Waals surface area contributed by atoms with Crippen LogP contribution in [0.3, 0.4) is 0 Å². The molecular formula is C20H30N2O2S. The number of piperidine rings is 1. The summed E-state index contributed by atoms with van der Waals surface area (Å²) in [5.74, 6) is 2.45. The number of amides is 1. The fourth-order valence-corrected chi connectivity index (χ4v) is 4.55. The summed E-state index contributed by atoms with van der Waals surface area (Å²) in [5.41, 5.74) is 1.35. The smallest absolute Gasteiger partial charge is 0.223 e. The van der Waals surface area contributed by atoms with Gasteiger partial charge in [0, 0.05) is 43.2 Å². The summed E-state index contributed by atoms with van der Waals surface area (Å²) in [7, 11) is 0. The number of carbonyl (C=O) groups excluding carboxylic acids is 1. The van der Waals surface area contributed by atoms with Crippen LogP contribution in [0.5, 0.6) is 0 Å². The van der Waals surface area contributed by atoms with Crippen LogP contribution in [-0.2, 0) is 15.3 Å². The van der Waals surface area contributed by atoms with E-state index in [9.17, 15) is 4.79 Å². The number of benzene rings is 1. The summed E-state index contributed by atoms with van der Waals surface area (Å²) < 4.78 is 5.45. The Bertz CT molecular complexity index is 512. The van der Waals surface area contributed by atoms with Gasteiger partial charge in [-0.3, -0.25) is 4.79 Å². The van der Waals surface area contributed by atoms with Gasteiger partial charge in [-0.25, -0.2) is 0 Å². The van der Waals surface area contributed by atoms with E-state index >= 15 is 0 Å². The van der Waals surface area contributed by atoms with Gasteiger partial charge < -0.3 is 15.0 Å². The van der Waals surface area contributed by atoms with E-state index in [0.29, 0.717) is 6.04 Å². The van der Waals surface area contributed by atoms with Crippen LogP contribution in [0.15, 0.2) is 30.3 Å². The molecule has 1 amide bonds. The lowest BCUT2D eigenvalue weighted by atomic mass is 9.93. The first-order valence-electron chi connectivity index (χ1n) is 9.54. The van der Waals surface area contributed by atoms with Gasteiger partial charge in [0.15, 0.2) is 0 Å². The Morgan fingerprint density at radius 1 is 1.12 bits per heavy atom. The number of hydrogen-bond donors (Lipinski definition) is 1. The topological polar surface area (TPSA) is 41.6 Å². The molecule has 2 aliphatic rings. The first-order valence-corrected chi connectivity index (χ1v) is 10.7. The zero-order chi connectivity index (χ0) is 17.3. The SMILES string of the molecule is O=C(NCCSCc1ccccc1)C1CCN(C2CCOCC2)CC1. The fraction of sp³-hybridized carbons (Fsp3) is 0.650. The minimum absolute atomic E-state index is 0.204. The fourth-order valence-electron chi connectivity index (χ4n) is 3.73. The van der Waals surface area contributed by atoms with Crippen LogP contribution in [0.2, 0.25) is 0 Å². The molecule has 1 aromatic carbocycles. The number of ether oxygens (including phenoxy) is 1. The summed E-state index contributed by atoms with van der Waals surface area (Å²) in [6, 6.07) is 11.2. The van der Waals surface area contributed by atoms with Gasteiger partial charge in [-0.05, 0) is 44.3 Å². The summed E-state index contributed by atoms with van der Waals surface area (Å²) in [5, 5.41) is 3.13. The molecule has 138 valence electrons. The second-order valence-corrected chi connectivity index (χ2v) is 8.09. The maximum atomic E-state index is 12.4. The van der Waals surface area contributed by atoms with Gasteiger partial charge in [0.25, 0.3) is 0 Å². The largest absolute Gasteiger partial charge is 0.381 e. The number of thioether (sulfide) groups is 1.